The summed E-state index contributed by atoms with van der Waals surface area (Å²) in [5.74, 6) is 0.857. The summed E-state index contributed by atoms with van der Waals surface area (Å²) < 4.78 is 6.50. The molecular formula is C17H20BrNO. The summed E-state index contributed by atoms with van der Waals surface area (Å²) in [5, 5.41) is 3.55. The van der Waals surface area contributed by atoms with Gasteiger partial charge in [0.2, 0.25) is 0 Å². The monoisotopic (exact) mass is 333 g/mol. The number of benzene rings is 2. The van der Waals surface area contributed by atoms with Gasteiger partial charge in [0, 0.05) is 10.5 Å². The Kier molecular flexibility index (Phi) is 4.71. The molecule has 20 heavy (non-hydrogen) atoms. The topological polar surface area (TPSA) is 21.3 Å². The van der Waals surface area contributed by atoms with Gasteiger partial charge in [-0.05, 0) is 44.0 Å². The maximum absolute atomic E-state index is 5.47. The lowest BCUT2D eigenvalue weighted by atomic mass is 10.1. The van der Waals surface area contributed by atoms with Crippen molar-refractivity contribution in [3.8, 4) is 5.75 Å². The first kappa shape index (κ1) is 14.9. The van der Waals surface area contributed by atoms with E-state index in [-0.39, 0.29) is 6.04 Å². The Balaban J connectivity index is 2.27. The highest BCUT2D eigenvalue weighted by molar-refractivity contribution is 9.10. The first-order chi connectivity index (χ1) is 9.51. The molecule has 2 nitrogen and oxygen atoms in total. The van der Waals surface area contributed by atoms with Gasteiger partial charge in [0.1, 0.15) is 5.75 Å². The van der Waals surface area contributed by atoms with E-state index in [1.807, 2.05) is 6.07 Å². The molecule has 1 N–H and O–H groups in total. The number of anilines is 1. The normalized spacial score (nSPS) is 12.1. The number of hydrogen-bond acceptors (Lipinski definition) is 2. The van der Waals surface area contributed by atoms with E-state index in [2.05, 4.69) is 72.3 Å². The minimum Gasteiger partial charge on any atom is -0.495 e. The summed E-state index contributed by atoms with van der Waals surface area (Å²) >= 11 is 3.50. The summed E-state index contributed by atoms with van der Waals surface area (Å²) in [6.07, 6.45) is 0. The number of ether oxygens (including phenoxy) is 1. The van der Waals surface area contributed by atoms with Crippen LogP contribution < -0.4 is 10.1 Å². The Morgan fingerprint density at radius 2 is 1.75 bits per heavy atom. The molecule has 0 aliphatic heterocycles. The van der Waals surface area contributed by atoms with Crippen LogP contribution in [0.4, 0.5) is 5.69 Å². The van der Waals surface area contributed by atoms with Crippen LogP contribution in [0.1, 0.15) is 29.7 Å². The highest BCUT2D eigenvalue weighted by atomic mass is 79.9. The molecule has 0 bridgehead atoms. The smallest absolute Gasteiger partial charge is 0.143 e. The maximum Gasteiger partial charge on any atom is 0.143 e. The molecule has 0 fully saturated rings. The lowest BCUT2D eigenvalue weighted by Crippen LogP contribution is -2.09. The molecule has 1 unspecified atom stereocenters. The number of rotatable bonds is 4. The van der Waals surface area contributed by atoms with Crippen molar-refractivity contribution >= 4 is 21.6 Å². The fourth-order valence-electron chi connectivity index (χ4n) is 2.21. The van der Waals surface area contributed by atoms with E-state index >= 15 is 0 Å². The van der Waals surface area contributed by atoms with Gasteiger partial charge in [-0.25, -0.2) is 0 Å². The van der Waals surface area contributed by atoms with Gasteiger partial charge in [0.25, 0.3) is 0 Å². The first-order valence-corrected chi connectivity index (χ1v) is 7.48. The highest BCUT2D eigenvalue weighted by Crippen LogP contribution is 2.34. The summed E-state index contributed by atoms with van der Waals surface area (Å²) in [6.45, 7) is 6.34. The number of nitrogens with one attached hydrogen (secondary N) is 1. The zero-order valence-electron chi connectivity index (χ0n) is 12.3. The Morgan fingerprint density at radius 3 is 2.35 bits per heavy atom. The van der Waals surface area contributed by atoms with Gasteiger partial charge in [-0.1, -0.05) is 45.8 Å². The minimum absolute atomic E-state index is 0.226. The van der Waals surface area contributed by atoms with Crippen LogP contribution in [0.25, 0.3) is 0 Å². The van der Waals surface area contributed by atoms with Crippen LogP contribution in [0.5, 0.6) is 5.75 Å². The predicted molar refractivity (Wildman–Crippen MR) is 88.6 cm³/mol. The molecule has 0 aromatic heterocycles. The van der Waals surface area contributed by atoms with Crippen molar-refractivity contribution in [3.63, 3.8) is 0 Å². The number of hydrogen-bond donors (Lipinski definition) is 1. The van der Waals surface area contributed by atoms with E-state index in [4.69, 9.17) is 4.74 Å². The molecule has 0 saturated heterocycles. The third-order valence-electron chi connectivity index (χ3n) is 3.42. The SMILES string of the molecule is COc1cc(Br)cc(C)c1NC(C)c1ccc(C)cc1. The summed E-state index contributed by atoms with van der Waals surface area (Å²) in [7, 11) is 1.70. The average molecular weight is 334 g/mol. The van der Waals surface area contributed by atoms with Gasteiger partial charge in [0.05, 0.1) is 12.8 Å². The van der Waals surface area contributed by atoms with Crippen LogP contribution in [-0.2, 0) is 0 Å². The van der Waals surface area contributed by atoms with Crippen LogP contribution in [0, 0.1) is 13.8 Å². The maximum atomic E-state index is 5.47. The van der Waals surface area contributed by atoms with E-state index in [0.29, 0.717) is 0 Å². The second kappa shape index (κ2) is 6.31. The van der Waals surface area contributed by atoms with Gasteiger partial charge >= 0.3 is 0 Å². The van der Waals surface area contributed by atoms with Crippen molar-refractivity contribution in [2.45, 2.75) is 26.8 Å². The number of halogens is 1. The van der Waals surface area contributed by atoms with E-state index in [1.54, 1.807) is 7.11 Å². The van der Waals surface area contributed by atoms with Gasteiger partial charge in [-0.15, -0.1) is 0 Å². The highest BCUT2D eigenvalue weighted by Gasteiger charge is 2.12. The summed E-state index contributed by atoms with van der Waals surface area (Å²) in [4.78, 5) is 0. The van der Waals surface area contributed by atoms with E-state index < -0.39 is 0 Å². The second-order valence-electron chi connectivity index (χ2n) is 5.08. The molecule has 2 aromatic carbocycles. The quantitative estimate of drug-likeness (QED) is 0.825. The lowest BCUT2D eigenvalue weighted by molar-refractivity contribution is 0.415. The standard InChI is InChI=1S/C17H20BrNO/c1-11-5-7-14(8-6-11)13(3)19-17-12(2)9-15(18)10-16(17)20-4/h5-10,13,19H,1-4H3. The molecule has 0 saturated carbocycles. The minimum atomic E-state index is 0.226. The summed E-state index contributed by atoms with van der Waals surface area (Å²) in [6, 6.07) is 12.9. The molecule has 0 amide bonds. The van der Waals surface area contributed by atoms with Gasteiger partial charge in [0.15, 0.2) is 0 Å². The van der Waals surface area contributed by atoms with Crippen LogP contribution in [-0.4, -0.2) is 7.11 Å². The van der Waals surface area contributed by atoms with E-state index in [9.17, 15) is 0 Å². The van der Waals surface area contributed by atoms with Crippen molar-refractivity contribution < 1.29 is 4.74 Å². The third kappa shape index (κ3) is 3.34. The Bertz CT molecular complexity index is 593. The molecule has 2 aromatic rings. The molecule has 0 aliphatic rings. The zero-order chi connectivity index (χ0) is 14.7. The van der Waals surface area contributed by atoms with Crippen LogP contribution in [0.3, 0.4) is 0 Å². The van der Waals surface area contributed by atoms with E-state index in [1.165, 1.54) is 11.1 Å². The largest absolute Gasteiger partial charge is 0.495 e. The van der Waals surface area contributed by atoms with Crippen molar-refractivity contribution in [1.29, 1.82) is 0 Å². The van der Waals surface area contributed by atoms with Crippen LogP contribution in [0.15, 0.2) is 40.9 Å². The van der Waals surface area contributed by atoms with Crippen LogP contribution in [0.2, 0.25) is 0 Å². The zero-order valence-corrected chi connectivity index (χ0v) is 13.9. The number of aryl methyl sites for hydroxylation is 2. The van der Waals surface area contributed by atoms with Crippen molar-refractivity contribution in [2.75, 3.05) is 12.4 Å². The third-order valence-corrected chi connectivity index (χ3v) is 3.88. The molecule has 0 heterocycles. The van der Waals surface area contributed by atoms with Crippen molar-refractivity contribution in [2.24, 2.45) is 0 Å². The molecule has 3 heteroatoms. The fraction of sp³-hybridized carbons (Fsp3) is 0.294. The predicted octanol–water partition coefficient (Wildman–Crippen LogP) is 5.25. The molecule has 1 atom stereocenters. The van der Waals surface area contributed by atoms with Crippen molar-refractivity contribution in [3.05, 3.63) is 57.6 Å². The van der Waals surface area contributed by atoms with Gasteiger partial charge in [-0.3, -0.25) is 0 Å². The molecule has 106 valence electrons. The Labute approximate surface area is 129 Å². The van der Waals surface area contributed by atoms with Gasteiger partial charge in [-0.2, -0.15) is 0 Å². The molecular weight excluding hydrogens is 314 g/mol. The van der Waals surface area contributed by atoms with Crippen molar-refractivity contribution in [1.82, 2.24) is 0 Å². The average Bonchev–Trinajstić information content (AvgIpc) is 2.42. The van der Waals surface area contributed by atoms with E-state index in [0.717, 1.165) is 21.5 Å². The molecule has 2 rings (SSSR count). The number of methoxy groups -OCH3 is 1. The first-order valence-electron chi connectivity index (χ1n) is 6.68. The lowest BCUT2D eigenvalue weighted by Gasteiger charge is -2.20. The molecule has 0 spiro atoms. The van der Waals surface area contributed by atoms with Crippen LogP contribution >= 0.6 is 15.9 Å². The van der Waals surface area contributed by atoms with Gasteiger partial charge < -0.3 is 10.1 Å². The fourth-order valence-corrected chi connectivity index (χ4v) is 2.76. The molecule has 0 aliphatic carbocycles. The Morgan fingerprint density at radius 1 is 1.10 bits per heavy atom. The molecule has 0 radical (unpaired) electrons. The second-order valence-corrected chi connectivity index (χ2v) is 5.99. The Hall–Kier alpha value is -1.48. The summed E-state index contributed by atoms with van der Waals surface area (Å²) in [5.41, 5.74) is 4.75.